The standard InChI is InChI=1S/C13H28N2O/c1-4-8-14-12(5-2)11-15(9-10-16-3)13-6-7-13/h12-14H,4-11H2,1-3H3. The van der Waals surface area contributed by atoms with Crippen LogP contribution in [0.2, 0.25) is 0 Å². The first-order valence-corrected chi connectivity index (χ1v) is 6.78. The minimum Gasteiger partial charge on any atom is -0.383 e. The third-order valence-electron chi connectivity index (χ3n) is 3.28. The molecule has 1 aliphatic rings. The Labute approximate surface area is 101 Å². The number of ether oxygens (including phenoxy) is 1. The molecular formula is C13H28N2O. The highest BCUT2D eigenvalue weighted by Gasteiger charge is 2.29. The second-order valence-corrected chi connectivity index (χ2v) is 4.78. The number of rotatable bonds is 10. The maximum absolute atomic E-state index is 5.18. The van der Waals surface area contributed by atoms with Gasteiger partial charge in [0.1, 0.15) is 0 Å². The van der Waals surface area contributed by atoms with Crippen LogP contribution in [0.4, 0.5) is 0 Å². The van der Waals surface area contributed by atoms with E-state index in [0.717, 1.165) is 25.7 Å². The molecule has 0 saturated heterocycles. The van der Waals surface area contributed by atoms with Gasteiger partial charge in [-0.1, -0.05) is 13.8 Å². The van der Waals surface area contributed by atoms with E-state index in [2.05, 4.69) is 24.1 Å². The lowest BCUT2D eigenvalue weighted by Crippen LogP contribution is -2.43. The highest BCUT2D eigenvalue weighted by molar-refractivity contribution is 4.86. The van der Waals surface area contributed by atoms with Crippen LogP contribution in [-0.2, 0) is 4.74 Å². The average molecular weight is 228 g/mol. The largest absolute Gasteiger partial charge is 0.383 e. The third-order valence-corrected chi connectivity index (χ3v) is 3.28. The molecule has 3 nitrogen and oxygen atoms in total. The van der Waals surface area contributed by atoms with Gasteiger partial charge in [0.25, 0.3) is 0 Å². The highest BCUT2D eigenvalue weighted by Crippen LogP contribution is 2.26. The zero-order chi connectivity index (χ0) is 11.8. The van der Waals surface area contributed by atoms with E-state index in [0.29, 0.717) is 6.04 Å². The van der Waals surface area contributed by atoms with E-state index in [-0.39, 0.29) is 0 Å². The van der Waals surface area contributed by atoms with E-state index >= 15 is 0 Å². The van der Waals surface area contributed by atoms with Crippen LogP contribution in [0, 0.1) is 0 Å². The van der Waals surface area contributed by atoms with Crippen LogP contribution in [-0.4, -0.2) is 50.3 Å². The van der Waals surface area contributed by atoms with Crippen molar-refractivity contribution in [3.8, 4) is 0 Å². The normalized spacial score (nSPS) is 18.0. The zero-order valence-electron chi connectivity index (χ0n) is 11.2. The molecular weight excluding hydrogens is 200 g/mol. The molecule has 0 amide bonds. The van der Waals surface area contributed by atoms with Gasteiger partial charge in [-0.15, -0.1) is 0 Å². The molecule has 0 spiro atoms. The van der Waals surface area contributed by atoms with Gasteiger partial charge in [0.05, 0.1) is 6.61 Å². The fraction of sp³-hybridized carbons (Fsp3) is 1.00. The van der Waals surface area contributed by atoms with Crippen LogP contribution in [0.3, 0.4) is 0 Å². The lowest BCUT2D eigenvalue weighted by atomic mass is 10.2. The van der Waals surface area contributed by atoms with Crippen LogP contribution < -0.4 is 5.32 Å². The van der Waals surface area contributed by atoms with E-state index in [1.807, 2.05) is 0 Å². The second kappa shape index (κ2) is 8.04. The van der Waals surface area contributed by atoms with Gasteiger partial charge >= 0.3 is 0 Å². The maximum atomic E-state index is 5.18. The van der Waals surface area contributed by atoms with E-state index < -0.39 is 0 Å². The number of nitrogens with zero attached hydrogens (tertiary/aromatic N) is 1. The summed E-state index contributed by atoms with van der Waals surface area (Å²) in [6.45, 7) is 8.77. The fourth-order valence-corrected chi connectivity index (χ4v) is 2.04. The van der Waals surface area contributed by atoms with Crippen molar-refractivity contribution >= 4 is 0 Å². The topological polar surface area (TPSA) is 24.5 Å². The summed E-state index contributed by atoms with van der Waals surface area (Å²) in [5.74, 6) is 0. The molecule has 0 aromatic heterocycles. The van der Waals surface area contributed by atoms with Gasteiger partial charge in [-0.05, 0) is 32.2 Å². The number of nitrogens with one attached hydrogen (secondary N) is 1. The molecule has 1 saturated carbocycles. The van der Waals surface area contributed by atoms with Gasteiger partial charge in [-0.2, -0.15) is 0 Å². The summed E-state index contributed by atoms with van der Waals surface area (Å²) < 4.78 is 5.18. The Hall–Kier alpha value is -0.120. The third kappa shape index (κ3) is 5.28. The monoisotopic (exact) mass is 228 g/mol. The van der Waals surface area contributed by atoms with Gasteiger partial charge in [0.2, 0.25) is 0 Å². The first-order chi connectivity index (χ1) is 7.81. The lowest BCUT2D eigenvalue weighted by molar-refractivity contribution is 0.135. The first-order valence-electron chi connectivity index (χ1n) is 6.78. The molecule has 1 unspecified atom stereocenters. The van der Waals surface area contributed by atoms with Crippen LogP contribution in [0.15, 0.2) is 0 Å². The van der Waals surface area contributed by atoms with Crippen LogP contribution in [0.5, 0.6) is 0 Å². The van der Waals surface area contributed by atoms with E-state index in [1.54, 1.807) is 7.11 Å². The first kappa shape index (κ1) is 13.9. The minimum atomic E-state index is 0.650. The molecule has 1 atom stereocenters. The summed E-state index contributed by atoms with van der Waals surface area (Å²) >= 11 is 0. The van der Waals surface area contributed by atoms with Crippen molar-refractivity contribution in [1.82, 2.24) is 10.2 Å². The summed E-state index contributed by atoms with van der Waals surface area (Å²) in [6, 6.07) is 1.49. The van der Waals surface area contributed by atoms with Crippen molar-refractivity contribution in [2.45, 2.75) is 51.6 Å². The molecule has 0 aromatic carbocycles. The Balaban J connectivity index is 2.26. The Morgan fingerprint density at radius 2 is 2.12 bits per heavy atom. The molecule has 0 radical (unpaired) electrons. The van der Waals surface area contributed by atoms with Crippen molar-refractivity contribution in [1.29, 1.82) is 0 Å². The van der Waals surface area contributed by atoms with Gasteiger partial charge in [-0.3, -0.25) is 4.90 Å². The lowest BCUT2D eigenvalue weighted by Gasteiger charge is -2.27. The van der Waals surface area contributed by atoms with Crippen molar-refractivity contribution in [3.63, 3.8) is 0 Å². The molecule has 0 bridgehead atoms. The van der Waals surface area contributed by atoms with E-state index in [1.165, 1.54) is 32.2 Å². The predicted octanol–water partition coefficient (Wildman–Crippen LogP) is 1.88. The summed E-state index contributed by atoms with van der Waals surface area (Å²) in [5.41, 5.74) is 0. The number of methoxy groups -OCH3 is 1. The van der Waals surface area contributed by atoms with Crippen molar-refractivity contribution in [3.05, 3.63) is 0 Å². The Kier molecular flexibility index (Phi) is 7.01. The second-order valence-electron chi connectivity index (χ2n) is 4.78. The molecule has 1 fully saturated rings. The van der Waals surface area contributed by atoms with Crippen molar-refractivity contribution < 1.29 is 4.74 Å². The smallest absolute Gasteiger partial charge is 0.0589 e. The molecule has 96 valence electrons. The van der Waals surface area contributed by atoms with E-state index in [4.69, 9.17) is 4.74 Å². The van der Waals surface area contributed by atoms with Gasteiger partial charge in [-0.25, -0.2) is 0 Å². The van der Waals surface area contributed by atoms with Gasteiger partial charge in [0.15, 0.2) is 0 Å². The van der Waals surface area contributed by atoms with Crippen LogP contribution in [0.1, 0.15) is 39.5 Å². The average Bonchev–Trinajstić information content (AvgIpc) is 3.12. The maximum Gasteiger partial charge on any atom is 0.0589 e. The van der Waals surface area contributed by atoms with Crippen LogP contribution >= 0.6 is 0 Å². The SMILES string of the molecule is CCCNC(CC)CN(CCOC)C1CC1. The molecule has 1 aliphatic carbocycles. The summed E-state index contributed by atoms with van der Waals surface area (Å²) in [4.78, 5) is 2.60. The molecule has 1 N–H and O–H groups in total. The summed E-state index contributed by atoms with van der Waals surface area (Å²) in [7, 11) is 1.79. The minimum absolute atomic E-state index is 0.650. The quantitative estimate of drug-likeness (QED) is 0.618. The summed E-state index contributed by atoms with van der Waals surface area (Å²) in [6.07, 6.45) is 5.20. The molecule has 0 aromatic rings. The van der Waals surface area contributed by atoms with Gasteiger partial charge in [0, 0.05) is 32.3 Å². The van der Waals surface area contributed by atoms with E-state index in [9.17, 15) is 0 Å². The Morgan fingerprint density at radius 1 is 1.38 bits per heavy atom. The Bertz CT molecular complexity index is 171. The number of hydrogen-bond acceptors (Lipinski definition) is 3. The molecule has 0 heterocycles. The molecule has 3 heteroatoms. The zero-order valence-corrected chi connectivity index (χ0v) is 11.2. The van der Waals surface area contributed by atoms with Crippen LogP contribution in [0.25, 0.3) is 0 Å². The van der Waals surface area contributed by atoms with Crippen molar-refractivity contribution in [2.75, 3.05) is 33.4 Å². The molecule has 0 aliphatic heterocycles. The number of hydrogen-bond donors (Lipinski definition) is 1. The van der Waals surface area contributed by atoms with Gasteiger partial charge < -0.3 is 10.1 Å². The highest BCUT2D eigenvalue weighted by atomic mass is 16.5. The predicted molar refractivity (Wildman–Crippen MR) is 68.8 cm³/mol. The molecule has 1 rings (SSSR count). The fourth-order valence-electron chi connectivity index (χ4n) is 2.04. The summed E-state index contributed by atoms with van der Waals surface area (Å²) in [5, 5.41) is 3.63. The molecule has 16 heavy (non-hydrogen) atoms. The van der Waals surface area contributed by atoms with Crippen molar-refractivity contribution in [2.24, 2.45) is 0 Å². The Morgan fingerprint density at radius 3 is 2.62 bits per heavy atom.